The summed E-state index contributed by atoms with van der Waals surface area (Å²) < 4.78 is 29.9. The number of hydrogen-bond donors (Lipinski definition) is 0. The number of aryl methyl sites for hydroxylation is 2. The summed E-state index contributed by atoms with van der Waals surface area (Å²) in [5.74, 6) is 1.20. The quantitative estimate of drug-likeness (QED) is 0.623. The van der Waals surface area contributed by atoms with Crippen molar-refractivity contribution in [2.24, 2.45) is 5.92 Å². The van der Waals surface area contributed by atoms with Crippen LogP contribution in [0.25, 0.3) is 0 Å². The minimum absolute atomic E-state index is 0.212. The van der Waals surface area contributed by atoms with Crippen LogP contribution in [0.4, 0.5) is 0 Å². The molecule has 124 valence electrons. The topological polar surface area (TPSA) is 44.8 Å². The smallest absolute Gasteiger partial charge is 0.395 e. The Morgan fingerprint density at radius 1 is 0.870 bits per heavy atom. The van der Waals surface area contributed by atoms with E-state index >= 15 is 0 Å². The maximum Gasteiger partial charge on any atom is 0.587 e. The zero-order valence-corrected chi connectivity index (χ0v) is 14.9. The lowest BCUT2D eigenvalue weighted by atomic mass is 10.2. The number of phosphoric ester groups is 1. The second kappa shape index (κ2) is 7.67. The lowest BCUT2D eigenvalue weighted by Crippen LogP contribution is -2.10. The third-order valence-electron chi connectivity index (χ3n) is 3.17. The second-order valence-electron chi connectivity index (χ2n) is 5.85. The molecule has 0 atom stereocenters. The van der Waals surface area contributed by atoms with Gasteiger partial charge in [0, 0.05) is 0 Å². The molecular weight excluding hydrogens is 311 g/mol. The number of rotatable bonds is 7. The molecule has 0 aliphatic heterocycles. The summed E-state index contributed by atoms with van der Waals surface area (Å²) in [4.78, 5) is 0. The summed E-state index contributed by atoms with van der Waals surface area (Å²) in [6, 6.07) is 14.7. The molecule has 2 rings (SSSR count). The fourth-order valence-electron chi connectivity index (χ4n) is 1.87. The van der Waals surface area contributed by atoms with Crippen LogP contribution in [0.1, 0.15) is 25.0 Å². The van der Waals surface area contributed by atoms with Crippen LogP contribution in [0, 0.1) is 19.8 Å². The summed E-state index contributed by atoms with van der Waals surface area (Å²) >= 11 is 0. The molecule has 0 amide bonds. The summed E-state index contributed by atoms with van der Waals surface area (Å²) in [6.45, 7) is 8.01. The molecule has 4 nitrogen and oxygen atoms in total. The van der Waals surface area contributed by atoms with Gasteiger partial charge in [0.2, 0.25) is 0 Å². The maximum absolute atomic E-state index is 13.1. The largest absolute Gasteiger partial charge is 0.587 e. The van der Waals surface area contributed by atoms with Crippen LogP contribution < -0.4 is 9.05 Å². The van der Waals surface area contributed by atoms with Gasteiger partial charge in [0.15, 0.2) is 0 Å². The van der Waals surface area contributed by atoms with Crippen molar-refractivity contribution in [2.45, 2.75) is 27.7 Å². The highest BCUT2D eigenvalue weighted by Gasteiger charge is 2.32. The van der Waals surface area contributed by atoms with Crippen LogP contribution in [0.3, 0.4) is 0 Å². The van der Waals surface area contributed by atoms with Crippen LogP contribution >= 0.6 is 7.82 Å². The van der Waals surface area contributed by atoms with E-state index in [1.54, 1.807) is 12.1 Å². The minimum atomic E-state index is -3.77. The first-order chi connectivity index (χ1) is 10.9. The molecule has 0 aliphatic carbocycles. The van der Waals surface area contributed by atoms with Crippen LogP contribution in [0.2, 0.25) is 0 Å². The molecule has 0 saturated heterocycles. The standard InChI is InChI=1S/C18H23O4P/c1-14(2)13-20-23(19,21-17-11-7-5-9-15(17)3)22-18-12-8-6-10-16(18)4/h5-12,14H,13H2,1-4H3. The van der Waals surface area contributed by atoms with Gasteiger partial charge in [-0.1, -0.05) is 50.2 Å². The number of phosphoric acid groups is 1. The van der Waals surface area contributed by atoms with E-state index in [1.807, 2.05) is 64.1 Å². The van der Waals surface area contributed by atoms with Gasteiger partial charge >= 0.3 is 7.82 Å². The summed E-state index contributed by atoms with van der Waals surface area (Å²) in [5, 5.41) is 0. The van der Waals surface area contributed by atoms with Crippen molar-refractivity contribution in [1.29, 1.82) is 0 Å². The average molecular weight is 334 g/mol. The molecule has 0 radical (unpaired) electrons. The van der Waals surface area contributed by atoms with E-state index in [9.17, 15) is 4.57 Å². The number of hydrogen-bond acceptors (Lipinski definition) is 4. The number of para-hydroxylation sites is 2. The van der Waals surface area contributed by atoms with E-state index in [4.69, 9.17) is 13.6 Å². The van der Waals surface area contributed by atoms with E-state index in [1.165, 1.54) is 0 Å². The van der Waals surface area contributed by atoms with E-state index in [-0.39, 0.29) is 12.5 Å². The van der Waals surface area contributed by atoms with Crippen LogP contribution in [-0.4, -0.2) is 6.61 Å². The summed E-state index contributed by atoms with van der Waals surface area (Å²) in [6.07, 6.45) is 0. The number of benzene rings is 2. The van der Waals surface area contributed by atoms with E-state index < -0.39 is 7.82 Å². The van der Waals surface area contributed by atoms with Crippen LogP contribution in [-0.2, 0) is 9.09 Å². The molecule has 0 aromatic heterocycles. The van der Waals surface area contributed by atoms with Crippen molar-refractivity contribution >= 4 is 7.82 Å². The highest BCUT2D eigenvalue weighted by atomic mass is 31.2. The summed E-state index contributed by atoms with van der Waals surface area (Å²) in [7, 11) is -3.77. The van der Waals surface area contributed by atoms with Gasteiger partial charge in [0.05, 0.1) is 6.61 Å². The van der Waals surface area contributed by atoms with Gasteiger partial charge in [0.25, 0.3) is 0 Å². The average Bonchev–Trinajstić information content (AvgIpc) is 2.50. The molecule has 0 saturated carbocycles. The Kier molecular flexibility index (Phi) is 5.86. The molecule has 0 heterocycles. The highest BCUT2D eigenvalue weighted by Crippen LogP contribution is 2.51. The van der Waals surface area contributed by atoms with E-state index in [0.29, 0.717) is 11.5 Å². The molecule has 0 unspecified atom stereocenters. The van der Waals surface area contributed by atoms with Crippen molar-refractivity contribution in [1.82, 2.24) is 0 Å². The Balaban J connectivity index is 2.27. The third kappa shape index (κ3) is 5.12. The molecule has 23 heavy (non-hydrogen) atoms. The molecule has 0 N–H and O–H groups in total. The Hall–Kier alpha value is -1.77. The molecule has 0 spiro atoms. The van der Waals surface area contributed by atoms with Gasteiger partial charge in [-0.05, 0) is 43.0 Å². The molecule has 0 fully saturated rings. The molecule has 2 aromatic rings. The molecule has 5 heteroatoms. The molecule has 0 bridgehead atoms. The molecular formula is C18H23O4P. The normalized spacial score (nSPS) is 11.5. The van der Waals surface area contributed by atoms with Gasteiger partial charge in [-0.25, -0.2) is 4.57 Å². The van der Waals surface area contributed by atoms with Gasteiger partial charge < -0.3 is 9.05 Å². The van der Waals surface area contributed by atoms with Gasteiger partial charge in [-0.3, -0.25) is 4.52 Å². The lowest BCUT2D eigenvalue weighted by molar-refractivity contribution is 0.188. The van der Waals surface area contributed by atoms with Gasteiger partial charge in [0.1, 0.15) is 11.5 Å². The SMILES string of the molecule is Cc1ccccc1OP(=O)(OCC(C)C)Oc1ccccc1C. The first kappa shape index (κ1) is 17.6. The van der Waals surface area contributed by atoms with E-state index in [0.717, 1.165) is 11.1 Å². The van der Waals surface area contributed by atoms with Gasteiger partial charge in [-0.2, -0.15) is 0 Å². The first-order valence-electron chi connectivity index (χ1n) is 7.64. The van der Waals surface area contributed by atoms with Crippen molar-refractivity contribution in [2.75, 3.05) is 6.61 Å². The van der Waals surface area contributed by atoms with Crippen molar-refractivity contribution < 1.29 is 18.1 Å². The van der Waals surface area contributed by atoms with E-state index in [2.05, 4.69) is 0 Å². The minimum Gasteiger partial charge on any atom is -0.395 e. The Bertz CT molecular complexity index is 645. The zero-order valence-electron chi connectivity index (χ0n) is 14.0. The lowest BCUT2D eigenvalue weighted by Gasteiger charge is -2.21. The Morgan fingerprint density at radius 3 is 1.70 bits per heavy atom. The first-order valence-corrected chi connectivity index (χ1v) is 9.11. The fraction of sp³-hybridized carbons (Fsp3) is 0.333. The predicted molar refractivity (Wildman–Crippen MR) is 92.0 cm³/mol. The predicted octanol–water partition coefficient (Wildman–Crippen LogP) is 5.54. The monoisotopic (exact) mass is 334 g/mol. The van der Waals surface area contributed by atoms with Crippen molar-refractivity contribution in [3.63, 3.8) is 0 Å². The highest BCUT2D eigenvalue weighted by molar-refractivity contribution is 7.49. The van der Waals surface area contributed by atoms with Crippen molar-refractivity contribution in [3.05, 3.63) is 59.7 Å². The molecule has 2 aromatic carbocycles. The summed E-state index contributed by atoms with van der Waals surface area (Å²) in [5.41, 5.74) is 1.74. The Labute approximate surface area is 138 Å². The Morgan fingerprint density at radius 2 is 1.30 bits per heavy atom. The fourth-order valence-corrected chi connectivity index (χ4v) is 3.39. The van der Waals surface area contributed by atoms with Crippen LogP contribution in [0.5, 0.6) is 11.5 Å². The zero-order chi connectivity index (χ0) is 16.9. The van der Waals surface area contributed by atoms with Crippen molar-refractivity contribution in [3.8, 4) is 11.5 Å². The molecule has 0 aliphatic rings. The third-order valence-corrected chi connectivity index (χ3v) is 4.48. The van der Waals surface area contributed by atoms with Crippen LogP contribution in [0.15, 0.2) is 48.5 Å². The van der Waals surface area contributed by atoms with Gasteiger partial charge in [-0.15, -0.1) is 0 Å². The second-order valence-corrected chi connectivity index (χ2v) is 7.37. The maximum atomic E-state index is 13.1.